The van der Waals surface area contributed by atoms with Crippen molar-refractivity contribution in [3.8, 4) is 16.3 Å². The van der Waals surface area contributed by atoms with Crippen LogP contribution in [0.4, 0.5) is 0 Å². The average Bonchev–Trinajstić information content (AvgIpc) is 2.87. The number of thiazole rings is 1. The van der Waals surface area contributed by atoms with Crippen LogP contribution < -0.4 is 4.74 Å². The van der Waals surface area contributed by atoms with E-state index in [0.717, 1.165) is 16.3 Å². The first-order valence-corrected chi connectivity index (χ1v) is 6.32. The fourth-order valence-electron chi connectivity index (χ4n) is 1.48. The number of benzene rings is 1. The number of carbonyl (C=O) groups is 1. The van der Waals surface area contributed by atoms with Gasteiger partial charge in [0.05, 0.1) is 18.7 Å². The SMILES string of the molecule is COc1ccc(-c2nc(C(C)C(=O)O)cs2)cc1. The van der Waals surface area contributed by atoms with Crippen molar-refractivity contribution in [1.29, 1.82) is 0 Å². The van der Waals surface area contributed by atoms with Crippen LogP contribution in [0.3, 0.4) is 0 Å². The summed E-state index contributed by atoms with van der Waals surface area (Å²) in [5.74, 6) is -0.649. The van der Waals surface area contributed by atoms with E-state index in [0.29, 0.717) is 5.69 Å². The van der Waals surface area contributed by atoms with E-state index in [-0.39, 0.29) is 0 Å². The van der Waals surface area contributed by atoms with Gasteiger partial charge in [-0.3, -0.25) is 4.79 Å². The van der Waals surface area contributed by atoms with Crippen molar-refractivity contribution in [2.24, 2.45) is 0 Å². The van der Waals surface area contributed by atoms with Gasteiger partial charge in [-0.05, 0) is 31.2 Å². The molecule has 1 unspecified atom stereocenters. The zero-order chi connectivity index (χ0) is 13.1. The van der Waals surface area contributed by atoms with Crippen molar-refractivity contribution < 1.29 is 14.6 Å². The molecule has 2 aromatic rings. The largest absolute Gasteiger partial charge is 0.497 e. The minimum absolute atomic E-state index is 0.576. The fraction of sp³-hybridized carbons (Fsp3) is 0.231. The second-order valence-electron chi connectivity index (χ2n) is 3.87. The summed E-state index contributed by atoms with van der Waals surface area (Å²) in [6, 6.07) is 7.54. The summed E-state index contributed by atoms with van der Waals surface area (Å²) >= 11 is 1.45. The molecular formula is C13H13NO3S. The van der Waals surface area contributed by atoms with Crippen LogP contribution in [0.5, 0.6) is 5.75 Å². The van der Waals surface area contributed by atoms with Crippen LogP contribution in [0, 0.1) is 0 Å². The Hall–Kier alpha value is -1.88. The number of aromatic nitrogens is 1. The highest BCUT2D eigenvalue weighted by molar-refractivity contribution is 7.13. The smallest absolute Gasteiger partial charge is 0.312 e. The first-order chi connectivity index (χ1) is 8.61. The van der Waals surface area contributed by atoms with E-state index >= 15 is 0 Å². The molecule has 0 saturated carbocycles. The van der Waals surface area contributed by atoms with Crippen LogP contribution in [0.15, 0.2) is 29.6 Å². The number of carboxylic acids is 1. The molecule has 0 bridgehead atoms. The molecule has 0 amide bonds. The number of carboxylic acid groups (broad SMARTS) is 1. The molecular weight excluding hydrogens is 250 g/mol. The van der Waals surface area contributed by atoms with Gasteiger partial charge >= 0.3 is 5.97 Å². The summed E-state index contributed by atoms with van der Waals surface area (Å²) in [6.45, 7) is 1.63. The molecule has 5 heteroatoms. The third kappa shape index (κ3) is 2.51. The summed E-state index contributed by atoms with van der Waals surface area (Å²) in [6.07, 6.45) is 0. The van der Waals surface area contributed by atoms with Crippen molar-refractivity contribution in [2.75, 3.05) is 7.11 Å². The standard InChI is InChI=1S/C13H13NO3S/c1-8(13(15)16)11-7-18-12(14-11)9-3-5-10(17-2)6-4-9/h3-8H,1-2H3,(H,15,16). The predicted octanol–water partition coefficient (Wildman–Crippen LogP) is 3.01. The summed E-state index contributed by atoms with van der Waals surface area (Å²) in [5.41, 5.74) is 1.56. The number of rotatable bonds is 4. The molecule has 1 aromatic heterocycles. The Kier molecular flexibility index (Phi) is 3.62. The van der Waals surface area contributed by atoms with E-state index in [1.165, 1.54) is 11.3 Å². The van der Waals surface area contributed by atoms with E-state index in [4.69, 9.17) is 9.84 Å². The van der Waals surface area contributed by atoms with Crippen molar-refractivity contribution in [3.63, 3.8) is 0 Å². The quantitative estimate of drug-likeness (QED) is 0.921. The van der Waals surface area contributed by atoms with Gasteiger partial charge in [-0.2, -0.15) is 0 Å². The van der Waals surface area contributed by atoms with Gasteiger partial charge in [-0.1, -0.05) is 0 Å². The molecule has 0 saturated heterocycles. The van der Waals surface area contributed by atoms with Gasteiger partial charge in [0.1, 0.15) is 10.8 Å². The Morgan fingerprint density at radius 3 is 2.61 bits per heavy atom. The number of ether oxygens (including phenoxy) is 1. The van der Waals surface area contributed by atoms with Crippen LogP contribution >= 0.6 is 11.3 Å². The minimum Gasteiger partial charge on any atom is -0.497 e. The second-order valence-corrected chi connectivity index (χ2v) is 4.72. The van der Waals surface area contributed by atoms with E-state index in [2.05, 4.69) is 4.98 Å². The van der Waals surface area contributed by atoms with Crippen LogP contribution in [-0.4, -0.2) is 23.2 Å². The van der Waals surface area contributed by atoms with Crippen molar-refractivity contribution in [3.05, 3.63) is 35.3 Å². The number of nitrogens with zero attached hydrogens (tertiary/aromatic N) is 1. The van der Waals surface area contributed by atoms with E-state index in [1.807, 2.05) is 24.3 Å². The Bertz CT molecular complexity index is 548. The third-order valence-electron chi connectivity index (χ3n) is 2.67. The van der Waals surface area contributed by atoms with Gasteiger partial charge in [-0.15, -0.1) is 11.3 Å². The third-order valence-corrected chi connectivity index (χ3v) is 3.58. The number of aliphatic carboxylic acids is 1. The molecule has 0 aliphatic carbocycles. The molecule has 0 aliphatic heterocycles. The van der Waals surface area contributed by atoms with Gasteiger partial charge in [0.15, 0.2) is 0 Å². The Labute approximate surface area is 109 Å². The maximum absolute atomic E-state index is 10.9. The normalized spacial score (nSPS) is 12.1. The maximum Gasteiger partial charge on any atom is 0.312 e. The van der Waals surface area contributed by atoms with Gasteiger partial charge < -0.3 is 9.84 Å². The highest BCUT2D eigenvalue weighted by Gasteiger charge is 2.17. The molecule has 1 heterocycles. The summed E-state index contributed by atoms with van der Waals surface area (Å²) < 4.78 is 5.09. The molecule has 0 fully saturated rings. The highest BCUT2D eigenvalue weighted by atomic mass is 32.1. The van der Waals surface area contributed by atoms with Crippen LogP contribution in [0.1, 0.15) is 18.5 Å². The molecule has 1 aromatic carbocycles. The lowest BCUT2D eigenvalue weighted by Crippen LogP contribution is -2.07. The first kappa shape index (κ1) is 12.6. The van der Waals surface area contributed by atoms with Crippen molar-refractivity contribution >= 4 is 17.3 Å². The molecule has 0 spiro atoms. The molecule has 0 aliphatic rings. The summed E-state index contributed by atoms with van der Waals surface area (Å²) in [4.78, 5) is 15.2. The average molecular weight is 263 g/mol. The van der Waals surface area contributed by atoms with Crippen LogP contribution in [0.2, 0.25) is 0 Å². The molecule has 2 rings (SSSR count). The van der Waals surface area contributed by atoms with Crippen LogP contribution in [-0.2, 0) is 4.79 Å². The van der Waals surface area contributed by atoms with Crippen LogP contribution in [0.25, 0.3) is 10.6 Å². The predicted molar refractivity (Wildman–Crippen MR) is 70.2 cm³/mol. The van der Waals surface area contributed by atoms with Gasteiger partial charge in [0.2, 0.25) is 0 Å². The molecule has 0 radical (unpaired) electrons. The summed E-state index contributed by atoms with van der Waals surface area (Å²) in [7, 11) is 1.62. The summed E-state index contributed by atoms with van der Waals surface area (Å²) in [5, 5.41) is 11.5. The number of hydrogen-bond acceptors (Lipinski definition) is 4. The molecule has 94 valence electrons. The first-order valence-electron chi connectivity index (χ1n) is 5.44. The number of methoxy groups -OCH3 is 1. The fourth-order valence-corrected chi connectivity index (χ4v) is 2.40. The molecule has 1 atom stereocenters. The van der Waals surface area contributed by atoms with Crippen molar-refractivity contribution in [1.82, 2.24) is 4.98 Å². The van der Waals surface area contributed by atoms with E-state index in [1.54, 1.807) is 19.4 Å². The monoisotopic (exact) mass is 263 g/mol. The number of hydrogen-bond donors (Lipinski definition) is 1. The zero-order valence-corrected chi connectivity index (χ0v) is 10.9. The Morgan fingerprint density at radius 2 is 2.06 bits per heavy atom. The molecule has 18 heavy (non-hydrogen) atoms. The Morgan fingerprint density at radius 1 is 1.39 bits per heavy atom. The Balaban J connectivity index is 2.26. The molecule has 1 N–H and O–H groups in total. The molecule has 4 nitrogen and oxygen atoms in total. The van der Waals surface area contributed by atoms with Gasteiger partial charge in [0.25, 0.3) is 0 Å². The second kappa shape index (κ2) is 5.18. The highest BCUT2D eigenvalue weighted by Crippen LogP contribution is 2.28. The van der Waals surface area contributed by atoms with Crippen molar-refractivity contribution in [2.45, 2.75) is 12.8 Å². The van der Waals surface area contributed by atoms with Gasteiger partial charge in [-0.25, -0.2) is 4.98 Å². The van der Waals surface area contributed by atoms with E-state index < -0.39 is 11.9 Å². The van der Waals surface area contributed by atoms with Gasteiger partial charge in [0, 0.05) is 10.9 Å². The zero-order valence-electron chi connectivity index (χ0n) is 10.1. The van der Waals surface area contributed by atoms with E-state index in [9.17, 15) is 4.79 Å². The maximum atomic E-state index is 10.9. The topological polar surface area (TPSA) is 59.4 Å². The minimum atomic E-state index is -0.860. The lowest BCUT2D eigenvalue weighted by molar-refractivity contribution is -0.138. The lowest BCUT2D eigenvalue weighted by Gasteiger charge is -2.01. The lowest BCUT2D eigenvalue weighted by atomic mass is 10.1.